The highest BCUT2D eigenvalue weighted by Crippen LogP contribution is 2.27. The zero-order valence-electron chi connectivity index (χ0n) is 11.0. The molecule has 1 fully saturated rings. The lowest BCUT2D eigenvalue weighted by molar-refractivity contribution is 0.241. The van der Waals surface area contributed by atoms with E-state index in [1.54, 1.807) is 6.07 Å². The number of para-hydroxylation sites is 1. The van der Waals surface area contributed by atoms with Gasteiger partial charge in [-0.05, 0) is 32.9 Å². The number of benzene rings is 1. The first-order valence-electron chi connectivity index (χ1n) is 6.48. The summed E-state index contributed by atoms with van der Waals surface area (Å²) >= 11 is 5.87. The van der Waals surface area contributed by atoms with Crippen LogP contribution in [0.15, 0.2) is 18.2 Å². The highest BCUT2D eigenvalue weighted by atomic mass is 35.5. The van der Waals surface area contributed by atoms with Gasteiger partial charge in [-0.3, -0.25) is 4.90 Å². The Morgan fingerprint density at radius 2 is 2.22 bits per heavy atom. The summed E-state index contributed by atoms with van der Waals surface area (Å²) in [4.78, 5) is 2.42. The number of nitrogens with zero attached hydrogens (tertiary/aromatic N) is 1. The zero-order chi connectivity index (χ0) is 13.1. The number of phenols is 1. The van der Waals surface area contributed by atoms with E-state index in [0.717, 1.165) is 18.2 Å². The summed E-state index contributed by atoms with van der Waals surface area (Å²) in [6, 6.07) is 6.74. The Labute approximate surface area is 114 Å². The van der Waals surface area contributed by atoms with Gasteiger partial charge in [0.25, 0.3) is 0 Å². The third kappa shape index (κ3) is 3.37. The fourth-order valence-corrected chi connectivity index (χ4v) is 2.30. The van der Waals surface area contributed by atoms with Crippen LogP contribution in [-0.4, -0.2) is 35.7 Å². The van der Waals surface area contributed by atoms with Gasteiger partial charge in [0.2, 0.25) is 0 Å². The second kappa shape index (κ2) is 5.91. The van der Waals surface area contributed by atoms with Crippen molar-refractivity contribution in [2.45, 2.75) is 38.4 Å². The van der Waals surface area contributed by atoms with Crippen LogP contribution in [0, 0.1) is 0 Å². The Bertz CT molecular complexity index is 407. The van der Waals surface area contributed by atoms with E-state index in [1.165, 1.54) is 12.8 Å². The van der Waals surface area contributed by atoms with Crippen LogP contribution >= 0.6 is 11.6 Å². The second-order valence-corrected chi connectivity index (χ2v) is 5.53. The number of likely N-dealkylation sites (N-methyl/N-ethyl adjacent to an activating group) is 1. The first-order valence-corrected chi connectivity index (χ1v) is 6.86. The lowest BCUT2D eigenvalue weighted by Gasteiger charge is -2.24. The summed E-state index contributed by atoms with van der Waals surface area (Å²) in [5.41, 5.74) is 0.851. The van der Waals surface area contributed by atoms with E-state index in [2.05, 4.69) is 24.2 Å². The maximum atomic E-state index is 9.79. The molecule has 0 radical (unpaired) electrons. The molecule has 0 saturated heterocycles. The molecule has 0 aromatic heterocycles. The molecule has 1 aliphatic carbocycles. The average Bonchev–Trinajstić information content (AvgIpc) is 3.17. The van der Waals surface area contributed by atoms with Crippen LogP contribution in [0.3, 0.4) is 0 Å². The van der Waals surface area contributed by atoms with Crippen LogP contribution < -0.4 is 5.32 Å². The van der Waals surface area contributed by atoms with Gasteiger partial charge in [-0.2, -0.15) is 0 Å². The Morgan fingerprint density at radius 1 is 1.50 bits per heavy atom. The quantitative estimate of drug-likeness (QED) is 0.833. The zero-order valence-corrected chi connectivity index (χ0v) is 11.7. The van der Waals surface area contributed by atoms with Gasteiger partial charge in [0.1, 0.15) is 5.75 Å². The second-order valence-electron chi connectivity index (χ2n) is 5.12. The van der Waals surface area contributed by atoms with Gasteiger partial charge in [-0.1, -0.05) is 23.7 Å². The van der Waals surface area contributed by atoms with Crippen LogP contribution in [0.1, 0.15) is 25.3 Å². The monoisotopic (exact) mass is 268 g/mol. The Kier molecular flexibility index (Phi) is 4.49. The van der Waals surface area contributed by atoms with Crippen molar-refractivity contribution in [1.29, 1.82) is 0 Å². The summed E-state index contributed by atoms with van der Waals surface area (Å²) in [6.07, 6.45) is 2.66. The number of hydrogen-bond donors (Lipinski definition) is 2. The van der Waals surface area contributed by atoms with Crippen LogP contribution in [0.25, 0.3) is 0 Å². The predicted molar refractivity (Wildman–Crippen MR) is 75.1 cm³/mol. The highest BCUT2D eigenvalue weighted by molar-refractivity contribution is 6.32. The number of phenolic OH excluding ortho intramolecular Hbond substituents is 1. The topological polar surface area (TPSA) is 35.5 Å². The molecule has 0 bridgehead atoms. The van der Waals surface area contributed by atoms with Crippen molar-refractivity contribution in [2.24, 2.45) is 0 Å². The molecule has 1 aromatic rings. The molecule has 2 rings (SSSR count). The van der Waals surface area contributed by atoms with Crippen molar-refractivity contribution in [3.8, 4) is 5.75 Å². The molecule has 1 atom stereocenters. The van der Waals surface area contributed by atoms with Crippen LogP contribution in [0.2, 0.25) is 5.02 Å². The van der Waals surface area contributed by atoms with Crippen LogP contribution in [-0.2, 0) is 6.54 Å². The van der Waals surface area contributed by atoms with Crippen molar-refractivity contribution < 1.29 is 5.11 Å². The molecule has 0 aliphatic heterocycles. The summed E-state index contributed by atoms with van der Waals surface area (Å²) in [5, 5.41) is 13.6. The fraction of sp³-hybridized carbons (Fsp3) is 0.571. The molecular formula is C14H21ClN2O. The molecule has 0 heterocycles. The van der Waals surface area contributed by atoms with Gasteiger partial charge in [-0.25, -0.2) is 0 Å². The van der Waals surface area contributed by atoms with E-state index < -0.39 is 0 Å². The molecule has 100 valence electrons. The molecular weight excluding hydrogens is 248 g/mol. The molecule has 1 saturated carbocycles. The standard InChI is InChI=1S/C14H21ClN2O/c1-10(17(2)12-6-7-12)8-16-9-11-4-3-5-13(15)14(11)18/h3-5,10,12,16,18H,6-9H2,1-2H3. The maximum Gasteiger partial charge on any atom is 0.138 e. The van der Waals surface area contributed by atoms with Gasteiger partial charge in [0.05, 0.1) is 5.02 Å². The van der Waals surface area contributed by atoms with Crippen molar-refractivity contribution in [3.63, 3.8) is 0 Å². The van der Waals surface area contributed by atoms with Crippen molar-refractivity contribution in [1.82, 2.24) is 10.2 Å². The van der Waals surface area contributed by atoms with E-state index in [4.69, 9.17) is 11.6 Å². The molecule has 0 spiro atoms. The minimum Gasteiger partial charge on any atom is -0.506 e. The molecule has 4 heteroatoms. The number of nitrogens with one attached hydrogen (secondary N) is 1. The molecule has 1 unspecified atom stereocenters. The van der Waals surface area contributed by atoms with Gasteiger partial charge in [0.15, 0.2) is 0 Å². The van der Waals surface area contributed by atoms with E-state index in [-0.39, 0.29) is 5.75 Å². The largest absolute Gasteiger partial charge is 0.506 e. The smallest absolute Gasteiger partial charge is 0.138 e. The summed E-state index contributed by atoms with van der Waals surface area (Å²) in [7, 11) is 2.18. The van der Waals surface area contributed by atoms with E-state index in [9.17, 15) is 5.11 Å². The minimum absolute atomic E-state index is 0.190. The molecule has 1 aromatic carbocycles. The summed E-state index contributed by atoms with van der Waals surface area (Å²) in [5.74, 6) is 0.190. The Morgan fingerprint density at radius 3 is 2.89 bits per heavy atom. The third-order valence-corrected chi connectivity index (χ3v) is 3.95. The van der Waals surface area contributed by atoms with Gasteiger partial charge >= 0.3 is 0 Å². The first-order chi connectivity index (χ1) is 8.59. The number of halogens is 1. The van der Waals surface area contributed by atoms with E-state index >= 15 is 0 Å². The highest BCUT2D eigenvalue weighted by Gasteiger charge is 2.28. The number of hydrogen-bond acceptors (Lipinski definition) is 3. The lowest BCUT2D eigenvalue weighted by atomic mass is 10.2. The molecule has 0 amide bonds. The predicted octanol–water partition coefficient (Wildman–Crippen LogP) is 2.62. The number of rotatable bonds is 6. The average molecular weight is 269 g/mol. The van der Waals surface area contributed by atoms with Crippen molar-refractivity contribution >= 4 is 11.6 Å². The summed E-state index contributed by atoms with van der Waals surface area (Å²) in [6.45, 7) is 3.79. The lowest BCUT2D eigenvalue weighted by Crippen LogP contribution is -2.38. The summed E-state index contributed by atoms with van der Waals surface area (Å²) < 4.78 is 0. The molecule has 1 aliphatic rings. The van der Waals surface area contributed by atoms with Crippen LogP contribution in [0.4, 0.5) is 0 Å². The van der Waals surface area contributed by atoms with Crippen molar-refractivity contribution in [3.05, 3.63) is 28.8 Å². The SMILES string of the molecule is CC(CNCc1cccc(Cl)c1O)N(C)C1CC1. The van der Waals surface area contributed by atoms with E-state index in [1.807, 2.05) is 12.1 Å². The van der Waals surface area contributed by atoms with Crippen molar-refractivity contribution in [2.75, 3.05) is 13.6 Å². The fourth-order valence-electron chi connectivity index (χ4n) is 2.10. The van der Waals surface area contributed by atoms with E-state index in [0.29, 0.717) is 17.6 Å². The molecule has 18 heavy (non-hydrogen) atoms. The third-order valence-electron chi connectivity index (χ3n) is 3.64. The Hall–Kier alpha value is -0.770. The first kappa shape index (κ1) is 13.7. The van der Waals surface area contributed by atoms with Gasteiger partial charge in [0, 0.05) is 30.7 Å². The maximum absolute atomic E-state index is 9.79. The van der Waals surface area contributed by atoms with Gasteiger partial charge in [-0.15, -0.1) is 0 Å². The minimum atomic E-state index is 0.190. The van der Waals surface area contributed by atoms with Gasteiger partial charge < -0.3 is 10.4 Å². The Balaban J connectivity index is 1.79. The molecule has 2 N–H and O–H groups in total. The van der Waals surface area contributed by atoms with Crippen LogP contribution in [0.5, 0.6) is 5.75 Å². The number of aromatic hydroxyl groups is 1. The molecule has 3 nitrogen and oxygen atoms in total. The normalized spacial score (nSPS) is 17.1.